The van der Waals surface area contributed by atoms with Crippen molar-refractivity contribution in [2.45, 2.75) is 18.9 Å². The number of ether oxygens (including phenoxy) is 5. The highest BCUT2D eigenvalue weighted by molar-refractivity contribution is 5.94. The SMILES string of the molecule is COc1ccc(/C=C/C(=O)C[C@H]2c3c(cc4c(c3OC)OCO4)CC[NH+]2C)cc1OC. The number of methoxy groups -OCH3 is 3. The predicted octanol–water partition coefficient (Wildman–Crippen LogP) is 2.23. The van der Waals surface area contributed by atoms with Gasteiger partial charge in [-0.2, -0.15) is 0 Å². The van der Waals surface area contributed by atoms with Crippen LogP contribution >= 0.6 is 0 Å². The van der Waals surface area contributed by atoms with Crippen molar-refractivity contribution in [3.05, 3.63) is 47.0 Å². The topological polar surface area (TPSA) is 67.7 Å². The van der Waals surface area contributed by atoms with E-state index in [1.54, 1.807) is 33.5 Å². The number of quaternary nitrogens is 1. The Morgan fingerprint density at radius 3 is 2.68 bits per heavy atom. The number of carbonyl (C=O) groups is 1. The molecule has 1 N–H and O–H groups in total. The Balaban J connectivity index is 1.57. The highest BCUT2D eigenvalue weighted by atomic mass is 16.7. The summed E-state index contributed by atoms with van der Waals surface area (Å²) in [6, 6.07) is 7.58. The number of allylic oxidation sites excluding steroid dienone is 1. The average Bonchev–Trinajstić information content (AvgIpc) is 3.26. The minimum Gasteiger partial charge on any atom is -0.493 e. The van der Waals surface area contributed by atoms with E-state index in [0.29, 0.717) is 35.2 Å². The van der Waals surface area contributed by atoms with Crippen molar-refractivity contribution in [2.75, 3.05) is 41.7 Å². The lowest BCUT2D eigenvalue weighted by molar-refractivity contribution is -0.914. The number of hydrogen-bond donors (Lipinski definition) is 1. The number of fused-ring (bicyclic) bond motifs is 2. The number of carbonyl (C=O) groups excluding carboxylic acids is 1. The fourth-order valence-electron chi connectivity index (χ4n) is 4.31. The summed E-state index contributed by atoms with van der Waals surface area (Å²) in [5.41, 5.74) is 3.08. The Bertz CT molecular complexity index is 1020. The molecular weight excluding hydrogens is 398 g/mol. The van der Waals surface area contributed by atoms with Gasteiger partial charge in [0.2, 0.25) is 12.5 Å². The first-order valence-electron chi connectivity index (χ1n) is 10.3. The normalized spacial score (nSPS) is 19.2. The number of likely N-dealkylation sites (N-methyl/N-ethyl adjacent to an activating group) is 1. The maximum atomic E-state index is 12.9. The van der Waals surface area contributed by atoms with Gasteiger partial charge in [-0.3, -0.25) is 4.79 Å². The summed E-state index contributed by atoms with van der Waals surface area (Å²) in [4.78, 5) is 14.2. The Labute approximate surface area is 182 Å². The first-order valence-corrected chi connectivity index (χ1v) is 10.3. The lowest BCUT2D eigenvalue weighted by Gasteiger charge is -2.32. The third kappa shape index (κ3) is 4.05. The molecule has 2 aliphatic heterocycles. The monoisotopic (exact) mass is 426 g/mol. The Morgan fingerprint density at radius 1 is 1.13 bits per heavy atom. The molecule has 0 bridgehead atoms. The third-order valence-electron chi connectivity index (χ3n) is 5.95. The van der Waals surface area contributed by atoms with Crippen LogP contribution in [0.15, 0.2) is 30.3 Å². The van der Waals surface area contributed by atoms with Crippen LogP contribution in [0, 0.1) is 0 Å². The average molecular weight is 426 g/mol. The van der Waals surface area contributed by atoms with Crippen LogP contribution in [0.5, 0.6) is 28.7 Å². The molecule has 0 spiro atoms. The highest BCUT2D eigenvalue weighted by Crippen LogP contribution is 2.47. The van der Waals surface area contributed by atoms with Gasteiger partial charge in [0.05, 0.1) is 46.9 Å². The Kier molecular flexibility index (Phi) is 6.04. The second kappa shape index (κ2) is 8.89. The molecule has 0 aromatic heterocycles. The number of benzene rings is 2. The van der Waals surface area contributed by atoms with Crippen LogP contribution in [-0.2, 0) is 11.2 Å². The first-order chi connectivity index (χ1) is 15.0. The molecule has 2 aliphatic rings. The maximum absolute atomic E-state index is 12.9. The van der Waals surface area contributed by atoms with Crippen LogP contribution in [-0.4, -0.2) is 47.5 Å². The Morgan fingerprint density at radius 2 is 1.94 bits per heavy atom. The number of rotatable bonds is 7. The van der Waals surface area contributed by atoms with Crippen LogP contribution in [0.4, 0.5) is 0 Å². The van der Waals surface area contributed by atoms with Gasteiger partial charge in [0.15, 0.2) is 28.8 Å². The molecule has 2 aromatic carbocycles. The molecule has 1 unspecified atom stereocenters. The first kappa shape index (κ1) is 21.1. The highest BCUT2D eigenvalue weighted by Gasteiger charge is 2.37. The molecule has 0 radical (unpaired) electrons. The van der Waals surface area contributed by atoms with E-state index < -0.39 is 0 Å². The summed E-state index contributed by atoms with van der Waals surface area (Å²) in [5, 5.41) is 0. The summed E-state index contributed by atoms with van der Waals surface area (Å²) in [7, 11) is 6.94. The lowest BCUT2D eigenvalue weighted by atomic mass is 9.88. The van der Waals surface area contributed by atoms with E-state index in [4.69, 9.17) is 23.7 Å². The van der Waals surface area contributed by atoms with E-state index in [1.807, 2.05) is 24.3 Å². The summed E-state index contributed by atoms with van der Waals surface area (Å²) in [5.74, 6) is 3.37. The fraction of sp³-hybridized carbons (Fsp3) is 0.375. The fourth-order valence-corrected chi connectivity index (χ4v) is 4.31. The van der Waals surface area contributed by atoms with Gasteiger partial charge in [0.25, 0.3) is 0 Å². The van der Waals surface area contributed by atoms with Gasteiger partial charge in [-0.25, -0.2) is 0 Å². The molecule has 31 heavy (non-hydrogen) atoms. The van der Waals surface area contributed by atoms with Crippen molar-refractivity contribution >= 4 is 11.9 Å². The second-order valence-electron chi connectivity index (χ2n) is 7.73. The molecule has 0 amide bonds. The van der Waals surface area contributed by atoms with E-state index in [-0.39, 0.29) is 18.6 Å². The van der Waals surface area contributed by atoms with Crippen LogP contribution in [0.1, 0.15) is 29.2 Å². The predicted molar refractivity (Wildman–Crippen MR) is 116 cm³/mol. The molecule has 2 atom stereocenters. The maximum Gasteiger partial charge on any atom is 0.231 e. The van der Waals surface area contributed by atoms with Gasteiger partial charge in [-0.1, -0.05) is 12.1 Å². The number of nitrogens with one attached hydrogen (secondary N) is 1. The smallest absolute Gasteiger partial charge is 0.231 e. The van der Waals surface area contributed by atoms with Crippen molar-refractivity contribution in [2.24, 2.45) is 0 Å². The van der Waals surface area contributed by atoms with Gasteiger partial charge in [-0.05, 0) is 35.4 Å². The van der Waals surface area contributed by atoms with E-state index in [2.05, 4.69) is 7.05 Å². The number of ketones is 1. The molecule has 4 rings (SSSR count). The molecule has 0 aliphatic carbocycles. The minimum absolute atomic E-state index is 0.0178. The summed E-state index contributed by atoms with van der Waals surface area (Å²) >= 11 is 0. The zero-order valence-corrected chi connectivity index (χ0v) is 18.3. The molecule has 7 heteroatoms. The van der Waals surface area contributed by atoms with Crippen LogP contribution in [0.3, 0.4) is 0 Å². The summed E-state index contributed by atoms with van der Waals surface area (Å²) in [6.07, 6.45) is 4.71. The molecule has 0 saturated carbocycles. The van der Waals surface area contributed by atoms with Crippen molar-refractivity contribution in [1.82, 2.24) is 0 Å². The molecular formula is C24H28NO6+. The third-order valence-corrected chi connectivity index (χ3v) is 5.95. The zero-order valence-electron chi connectivity index (χ0n) is 18.3. The molecule has 7 nitrogen and oxygen atoms in total. The zero-order chi connectivity index (χ0) is 22.0. The largest absolute Gasteiger partial charge is 0.493 e. The number of hydrogen-bond acceptors (Lipinski definition) is 6. The van der Waals surface area contributed by atoms with Crippen LogP contribution in [0.2, 0.25) is 0 Å². The van der Waals surface area contributed by atoms with Crippen molar-refractivity contribution in [3.63, 3.8) is 0 Å². The molecule has 0 fully saturated rings. The van der Waals surface area contributed by atoms with Gasteiger partial charge in [-0.15, -0.1) is 0 Å². The molecule has 2 heterocycles. The summed E-state index contributed by atoms with van der Waals surface area (Å²) in [6.45, 7) is 1.13. The summed E-state index contributed by atoms with van der Waals surface area (Å²) < 4.78 is 27.5. The van der Waals surface area contributed by atoms with E-state index in [1.165, 1.54) is 4.90 Å². The van der Waals surface area contributed by atoms with Gasteiger partial charge in [0.1, 0.15) is 6.04 Å². The van der Waals surface area contributed by atoms with Crippen molar-refractivity contribution < 1.29 is 33.4 Å². The molecule has 2 aromatic rings. The molecule has 0 saturated heterocycles. The minimum atomic E-state index is -0.0178. The van der Waals surface area contributed by atoms with Gasteiger partial charge < -0.3 is 28.6 Å². The van der Waals surface area contributed by atoms with Gasteiger partial charge >= 0.3 is 0 Å². The lowest BCUT2D eigenvalue weighted by Crippen LogP contribution is -3.10. The standard InChI is InChI=1S/C24H27NO6/c1-25-10-9-16-12-21-23(31-14-30-21)24(29-4)22(16)18(25)13-17(26)7-5-15-6-8-19(27-2)20(11-15)28-3/h5-8,11-12,18H,9-10,13-14H2,1-4H3/p+1/b7-5+/t18-/m0/s1. The van der Waals surface area contributed by atoms with Crippen LogP contribution < -0.4 is 28.6 Å². The van der Waals surface area contributed by atoms with E-state index >= 15 is 0 Å². The second-order valence-corrected chi connectivity index (χ2v) is 7.73. The van der Waals surface area contributed by atoms with Gasteiger partial charge in [0, 0.05) is 6.42 Å². The van der Waals surface area contributed by atoms with Crippen molar-refractivity contribution in [1.29, 1.82) is 0 Å². The quantitative estimate of drug-likeness (QED) is 0.685. The van der Waals surface area contributed by atoms with E-state index in [9.17, 15) is 4.79 Å². The molecule has 164 valence electrons. The van der Waals surface area contributed by atoms with E-state index in [0.717, 1.165) is 29.7 Å². The van der Waals surface area contributed by atoms with Crippen molar-refractivity contribution in [3.8, 4) is 28.7 Å². The Hall–Kier alpha value is -3.19. The van der Waals surface area contributed by atoms with Crippen LogP contribution in [0.25, 0.3) is 6.08 Å².